The first-order chi connectivity index (χ1) is 8.81. The van der Waals surface area contributed by atoms with Crippen molar-refractivity contribution >= 4 is 17.8 Å². The van der Waals surface area contributed by atoms with E-state index in [0.717, 1.165) is 0 Å². The first-order valence-corrected chi connectivity index (χ1v) is 5.72. The number of furan rings is 1. The van der Waals surface area contributed by atoms with Crippen LogP contribution in [0.2, 0.25) is 0 Å². The van der Waals surface area contributed by atoms with Crippen molar-refractivity contribution in [3.05, 3.63) is 23.7 Å². The van der Waals surface area contributed by atoms with Crippen LogP contribution in [0.1, 0.15) is 35.0 Å². The highest BCUT2D eigenvalue weighted by Gasteiger charge is 2.22. The molecule has 0 unspecified atom stereocenters. The van der Waals surface area contributed by atoms with Gasteiger partial charge in [-0.1, -0.05) is 13.8 Å². The molecule has 0 saturated heterocycles. The second-order valence-corrected chi connectivity index (χ2v) is 4.51. The Hall–Kier alpha value is -2.31. The molecule has 1 aromatic heterocycles. The summed E-state index contributed by atoms with van der Waals surface area (Å²) in [6, 6.07) is 2.45. The zero-order valence-corrected chi connectivity index (χ0v) is 10.8. The number of aromatic carboxylic acids is 1. The third-order valence-corrected chi connectivity index (χ3v) is 2.25. The molecule has 0 atom stereocenters. The SMILES string of the molecule is CC(C)CN(CC(N)=O)C(=O)c1ccc(C(=O)O)o1. The first kappa shape index (κ1) is 14.7. The van der Waals surface area contributed by atoms with E-state index >= 15 is 0 Å². The summed E-state index contributed by atoms with van der Waals surface area (Å²) in [6.07, 6.45) is 0. The molecular formula is C12H16N2O5. The topological polar surface area (TPSA) is 114 Å². The molecule has 2 amide bonds. The van der Waals surface area contributed by atoms with Gasteiger partial charge in [0.2, 0.25) is 11.7 Å². The van der Waals surface area contributed by atoms with Crippen molar-refractivity contribution in [2.24, 2.45) is 11.7 Å². The maximum Gasteiger partial charge on any atom is 0.371 e. The van der Waals surface area contributed by atoms with Gasteiger partial charge in [-0.2, -0.15) is 0 Å². The van der Waals surface area contributed by atoms with Gasteiger partial charge in [0.25, 0.3) is 5.91 Å². The fourth-order valence-electron chi connectivity index (χ4n) is 1.57. The molecule has 0 bridgehead atoms. The molecule has 104 valence electrons. The summed E-state index contributed by atoms with van der Waals surface area (Å²) in [7, 11) is 0. The number of nitrogens with zero attached hydrogens (tertiary/aromatic N) is 1. The average molecular weight is 268 g/mol. The van der Waals surface area contributed by atoms with Crippen molar-refractivity contribution in [2.75, 3.05) is 13.1 Å². The van der Waals surface area contributed by atoms with Gasteiger partial charge in [0.15, 0.2) is 5.76 Å². The largest absolute Gasteiger partial charge is 0.475 e. The maximum atomic E-state index is 12.1. The molecule has 0 radical (unpaired) electrons. The van der Waals surface area contributed by atoms with Gasteiger partial charge in [-0.25, -0.2) is 4.79 Å². The number of carboxylic acid groups (broad SMARTS) is 1. The van der Waals surface area contributed by atoms with Gasteiger partial charge >= 0.3 is 5.97 Å². The Morgan fingerprint density at radius 3 is 2.32 bits per heavy atom. The number of carbonyl (C=O) groups excluding carboxylic acids is 2. The minimum Gasteiger partial charge on any atom is -0.475 e. The minimum atomic E-state index is -1.26. The Morgan fingerprint density at radius 1 is 1.32 bits per heavy atom. The van der Waals surface area contributed by atoms with Crippen molar-refractivity contribution in [3.63, 3.8) is 0 Å². The van der Waals surface area contributed by atoms with Crippen LogP contribution in [0.25, 0.3) is 0 Å². The number of carboxylic acids is 1. The molecule has 3 N–H and O–H groups in total. The molecule has 7 nitrogen and oxygen atoms in total. The second-order valence-electron chi connectivity index (χ2n) is 4.51. The van der Waals surface area contributed by atoms with Crippen molar-refractivity contribution in [1.82, 2.24) is 4.90 Å². The highest BCUT2D eigenvalue weighted by atomic mass is 16.4. The molecule has 0 aromatic carbocycles. The molecule has 7 heteroatoms. The predicted molar refractivity (Wildman–Crippen MR) is 65.6 cm³/mol. The lowest BCUT2D eigenvalue weighted by atomic mass is 10.2. The fourth-order valence-corrected chi connectivity index (χ4v) is 1.57. The second kappa shape index (κ2) is 6.03. The third kappa shape index (κ3) is 4.13. The van der Waals surface area contributed by atoms with E-state index < -0.39 is 17.8 Å². The van der Waals surface area contributed by atoms with Gasteiger partial charge in [-0.15, -0.1) is 0 Å². The molecule has 1 heterocycles. The highest BCUT2D eigenvalue weighted by Crippen LogP contribution is 2.12. The fraction of sp³-hybridized carbons (Fsp3) is 0.417. The van der Waals surface area contributed by atoms with Crippen LogP contribution in [0.5, 0.6) is 0 Å². The summed E-state index contributed by atoms with van der Waals surface area (Å²) in [6.45, 7) is 3.85. The number of primary amides is 1. The number of carbonyl (C=O) groups is 3. The van der Waals surface area contributed by atoms with E-state index in [9.17, 15) is 14.4 Å². The first-order valence-electron chi connectivity index (χ1n) is 5.72. The summed E-state index contributed by atoms with van der Waals surface area (Å²) >= 11 is 0. The van der Waals surface area contributed by atoms with Gasteiger partial charge in [-0.3, -0.25) is 9.59 Å². The van der Waals surface area contributed by atoms with E-state index in [-0.39, 0.29) is 24.0 Å². The van der Waals surface area contributed by atoms with Crippen molar-refractivity contribution < 1.29 is 23.9 Å². The van der Waals surface area contributed by atoms with Gasteiger partial charge in [0.05, 0.1) is 6.54 Å². The summed E-state index contributed by atoms with van der Waals surface area (Å²) in [4.78, 5) is 34.9. The number of amides is 2. The number of rotatable bonds is 6. The Bertz CT molecular complexity index is 492. The van der Waals surface area contributed by atoms with Crippen molar-refractivity contribution in [2.45, 2.75) is 13.8 Å². The van der Waals surface area contributed by atoms with Gasteiger partial charge in [0.1, 0.15) is 0 Å². The summed E-state index contributed by atoms with van der Waals surface area (Å²) in [5.41, 5.74) is 5.08. The molecule has 0 saturated carbocycles. The Morgan fingerprint density at radius 2 is 1.89 bits per heavy atom. The van der Waals surface area contributed by atoms with Crippen molar-refractivity contribution in [1.29, 1.82) is 0 Å². The zero-order chi connectivity index (χ0) is 14.6. The van der Waals surface area contributed by atoms with Crippen LogP contribution in [0, 0.1) is 5.92 Å². The van der Waals surface area contributed by atoms with Crippen LogP contribution in [0.3, 0.4) is 0 Å². The van der Waals surface area contributed by atoms with Gasteiger partial charge in [0, 0.05) is 6.54 Å². The Kier molecular flexibility index (Phi) is 4.68. The lowest BCUT2D eigenvalue weighted by molar-refractivity contribution is -0.118. The molecule has 1 rings (SSSR count). The van der Waals surface area contributed by atoms with E-state index in [4.69, 9.17) is 15.3 Å². The molecule has 0 aliphatic heterocycles. The molecule has 19 heavy (non-hydrogen) atoms. The van der Waals surface area contributed by atoms with Crippen LogP contribution in [-0.2, 0) is 4.79 Å². The number of hydrogen-bond acceptors (Lipinski definition) is 4. The third-order valence-electron chi connectivity index (χ3n) is 2.25. The number of hydrogen-bond donors (Lipinski definition) is 2. The molecule has 0 fully saturated rings. The standard InChI is InChI=1S/C12H16N2O5/c1-7(2)5-14(6-10(13)15)11(16)8-3-4-9(19-8)12(17)18/h3-4,7H,5-6H2,1-2H3,(H2,13,15)(H,17,18). The number of nitrogens with two attached hydrogens (primary N) is 1. The Balaban J connectivity index is 2.90. The minimum absolute atomic E-state index is 0.126. The summed E-state index contributed by atoms with van der Waals surface area (Å²) < 4.78 is 4.91. The lowest BCUT2D eigenvalue weighted by Crippen LogP contribution is -2.40. The normalized spacial score (nSPS) is 10.5. The van der Waals surface area contributed by atoms with Crippen LogP contribution in [0.4, 0.5) is 0 Å². The molecular weight excluding hydrogens is 252 g/mol. The predicted octanol–water partition coefficient (Wildman–Crippen LogP) is 0.561. The van der Waals surface area contributed by atoms with E-state index in [0.29, 0.717) is 6.54 Å². The van der Waals surface area contributed by atoms with Crippen LogP contribution >= 0.6 is 0 Å². The molecule has 1 aromatic rings. The monoisotopic (exact) mass is 268 g/mol. The maximum absolute atomic E-state index is 12.1. The average Bonchev–Trinajstić information content (AvgIpc) is 2.75. The van der Waals surface area contributed by atoms with E-state index in [1.165, 1.54) is 17.0 Å². The van der Waals surface area contributed by atoms with Gasteiger partial charge < -0.3 is 20.2 Å². The van der Waals surface area contributed by atoms with Crippen LogP contribution < -0.4 is 5.73 Å². The molecule has 0 aliphatic carbocycles. The lowest BCUT2D eigenvalue weighted by Gasteiger charge is -2.21. The van der Waals surface area contributed by atoms with Crippen LogP contribution in [0.15, 0.2) is 16.5 Å². The van der Waals surface area contributed by atoms with E-state index in [1.54, 1.807) is 0 Å². The highest BCUT2D eigenvalue weighted by molar-refractivity contribution is 5.95. The Labute approximate surface area is 110 Å². The van der Waals surface area contributed by atoms with E-state index in [1.807, 2.05) is 13.8 Å². The summed E-state index contributed by atoms with van der Waals surface area (Å²) in [5.74, 6) is -2.77. The smallest absolute Gasteiger partial charge is 0.371 e. The quantitative estimate of drug-likeness (QED) is 0.782. The van der Waals surface area contributed by atoms with Crippen molar-refractivity contribution in [3.8, 4) is 0 Å². The van der Waals surface area contributed by atoms with E-state index in [2.05, 4.69) is 0 Å². The summed E-state index contributed by atoms with van der Waals surface area (Å²) in [5, 5.41) is 8.72. The zero-order valence-electron chi connectivity index (χ0n) is 10.8. The molecule has 0 spiro atoms. The van der Waals surface area contributed by atoms with Crippen LogP contribution in [-0.4, -0.2) is 40.9 Å². The molecule has 0 aliphatic rings. The van der Waals surface area contributed by atoms with Gasteiger partial charge in [-0.05, 0) is 18.1 Å².